The molecule has 3 aromatic carbocycles. The van der Waals surface area contributed by atoms with Crippen LogP contribution in [0.15, 0.2) is 67.5 Å². The number of carbonyl (C=O) groups is 5. The highest BCUT2D eigenvalue weighted by molar-refractivity contribution is 6.31. The molecule has 3 aliphatic heterocycles. The summed E-state index contributed by atoms with van der Waals surface area (Å²) < 4.78 is 19.9. The van der Waals surface area contributed by atoms with Crippen LogP contribution in [-0.4, -0.2) is 113 Å². The highest BCUT2D eigenvalue weighted by atomic mass is 35.5. The average molecular weight is 840 g/mol. The molecule has 1 aromatic heterocycles. The Labute approximate surface area is 351 Å². The molecule has 4 aromatic rings. The van der Waals surface area contributed by atoms with Crippen LogP contribution >= 0.6 is 11.6 Å². The third-order valence-corrected chi connectivity index (χ3v) is 11.2. The summed E-state index contributed by atoms with van der Waals surface area (Å²) in [5.41, 5.74) is 2.70. The first-order valence-electron chi connectivity index (χ1n) is 20.2. The van der Waals surface area contributed by atoms with E-state index in [2.05, 4.69) is 47.6 Å². The summed E-state index contributed by atoms with van der Waals surface area (Å²) in [5, 5.41) is 12.1. The molecule has 7 rings (SSSR count). The van der Waals surface area contributed by atoms with E-state index in [0.717, 1.165) is 76.3 Å². The summed E-state index contributed by atoms with van der Waals surface area (Å²) in [6.07, 6.45) is 7.67. The van der Waals surface area contributed by atoms with Gasteiger partial charge >= 0.3 is 0 Å². The van der Waals surface area contributed by atoms with Crippen LogP contribution in [0.25, 0.3) is 10.9 Å². The second-order valence-electron chi connectivity index (χ2n) is 14.9. The molecule has 0 saturated carbocycles. The molecule has 1 atom stereocenters. The smallest absolute Gasteiger partial charge is 0.264 e. The van der Waals surface area contributed by atoms with Crippen molar-refractivity contribution >= 4 is 74.9 Å². The average Bonchev–Trinajstić information content (AvgIpc) is 3.50. The fraction of sp³-hybridized carbons (Fsp3) is 0.372. The highest BCUT2D eigenvalue weighted by Crippen LogP contribution is 2.35. The Morgan fingerprint density at radius 2 is 1.70 bits per heavy atom. The Morgan fingerprint density at radius 3 is 2.45 bits per heavy atom. The van der Waals surface area contributed by atoms with Crippen LogP contribution in [0.3, 0.4) is 0 Å². The van der Waals surface area contributed by atoms with Crippen molar-refractivity contribution in [1.29, 1.82) is 0 Å². The molecular formula is C43H47ClFN9O6. The normalized spacial score (nSPS) is 17.1. The largest absolute Gasteiger partial charge is 0.491 e. The lowest BCUT2D eigenvalue weighted by Crippen LogP contribution is -2.54. The molecule has 5 amide bonds. The Morgan fingerprint density at radius 1 is 0.933 bits per heavy atom. The van der Waals surface area contributed by atoms with Gasteiger partial charge in [0.1, 0.15) is 29.8 Å². The van der Waals surface area contributed by atoms with Gasteiger partial charge in [0, 0.05) is 68.5 Å². The number of benzene rings is 3. The fourth-order valence-corrected chi connectivity index (χ4v) is 7.88. The molecule has 314 valence electrons. The molecule has 3 aliphatic rings. The molecule has 0 aliphatic carbocycles. The molecule has 2 fully saturated rings. The Hall–Kier alpha value is -5.97. The van der Waals surface area contributed by atoms with E-state index in [9.17, 15) is 28.4 Å². The number of amides is 5. The van der Waals surface area contributed by atoms with Gasteiger partial charge in [0.25, 0.3) is 11.8 Å². The Kier molecular flexibility index (Phi) is 13.6. The third kappa shape index (κ3) is 9.89. The van der Waals surface area contributed by atoms with Crippen molar-refractivity contribution in [1.82, 2.24) is 30.0 Å². The molecule has 15 nitrogen and oxygen atoms in total. The predicted molar refractivity (Wildman–Crippen MR) is 226 cm³/mol. The predicted octanol–water partition coefficient (Wildman–Crippen LogP) is 5.75. The topological polar surface area (TPSA) is 178 Å². The number of unbranched alkanes of at least 4 members (excludes halogenated alkanes) is 3. The number of aromatic nitrogens is 2. The number of nitrogens with one attached hydrogen (secondary N) is 4. The minimum atomic E-state index is -0.989. The number of carbonyl (C=O) groups excluding carboxylic acids is 5. The number of nitrogens with zero attached hydrogens (tertiary/aromatic N) is 5. The number of imide groups is 2. The molecule has 1 unspecified atom stereocenters. The van der Waals surface area contributed by atoms with E-state index in [1.807, 2.05) is 0 Å². The number of halogens is 2. The zero-order valence-corrected chi connectivity index (χ0v) is 33.9. The van der Waals surface area contributed by atoms with E-state index in [1.165, 1.54) is 24.5 Å². The maximum absolute atomic E-state index is 13.7. The summed E-state index contributed by atoms with van der Waals surface area (Å²) in [5.74, 6) is -2.04. The minimum absolute atomic E-state index is 0.0239. The molecule has 4 heterocycles. The summed E-state index contributed by atoms with van der Waals surface area (Å²) in [7, 11) is 0. The van der Waals surface area contributed by atoms with Crippen molar-refractivity contribution in [3.63, 3.8) is 0 Å². The van der Waals surface area contributed by atoms with Crippen LogP contribution in [-0.2, 0) is 14.4 Å². The maximum Gasteiger partial charge on any atom is 0.264 e. The molecule has 0 radical (unpaired) electrons. The first-order chi connectivity index (χ1) is 29.1. The number of fused-ring (bicyclic) bond motifs is 2. The van der Waals surface area contributed by atoms with Crippen molar-refractivity contribution in [2.24, 2.45) is 0 Å². The number of hydrogen-bond donors (Lipinski definition) is 4. The number of hydrogen-bond acceptors (Lipinski definition) is 12. The van der Waals surface area contributed by atoms with Gasteiger partial charge in [0.05, 0.1) is 34.0 Å². The van der Waals surface area contributed by atoms with Gasteiger partial charge in [-0.3, -0.25) is 34.2 Å². The number of rotatable bonds is 18. The molecule has 2 saturated heterocycles. The van der Waals surface area contributed by atoms with E-state index in [1.54, 1.807) is 36.4 Å². The summed E-state index contributed by atoms with van der Waals surface area (Å²) in [4.78, 5) is 77.4. The van der Waals surface area contributed by atoms with Gasteiger partial charge in [-0.2, -0.15) is 0 Å². The van der Waals surface area contributed by atoms with Crippen LogP contribution in [0, 0.1) is 5.82 Å². The van der Waals surface area contributed by atoms with Crippen LogP contribution in [0.4, 0.5) is 27.3 Å². The van der Waals surface area contributed by atoms with E-state index in [4.69, 9.17) is 16.3 Å². The lowest BCUT2D eigenvalue weighted by atomic mass is 10.0. The van der Waals surface area contributed by atoms with E-state index in [0.29, 0.717) is 52.7 Å². The van der Waals surface area contributed by atoms with E-state index < -0.39 is 41.4 Å². The molecule has 4 N–H and O–H groups in total. The minimum Gasteiger partial charge on any atom is -0.491 e. The van der Waals surface area contributed by atoms with Crippen LogP contribution < -0.4 is 26.0 Å². The molecule has 60 heavy (non-hydrogen) atoms. The zero-order chi connectivity index (χ0) is 42.2. The van der Waals surface area contributed by atoms with E-state index >= 15 is 0 Å². The summed E-state index contributed by atoms with van der Waals surface area (Å²) >= 11 is 5.97. The van der Waals surface area contributed by atoms with Gasteiger partial charge in [-0.1, -0.05) is 37.1 Å². The van der Waals surface area contributed by atoms with Crippen molar-refractivity contribution in [3.8, 4) is 5.75 Å². The molecule has 0 spiro atoms. The van der Waals surface area contributed by atoms with Gasteiger partial charge in [-0.05, 0) is 74.7 Å². The molecule has 17 heteroatoms. The monoisotopic (exact) mass is 839 g/mol. The van der Waals surface area contributed by atoms with E-state index in [-0.39, 0.29) is 29.0 Å². The first-order valence-corrected chi connectivity index (χ1v) is 20.6. The lowest BCUT2D eigenvalue weighted by molar-refractivity contribution is -0.136. The van der Waals surface area contributed by atoms with Crippen LogP contribution in [0.1, 0.15) is 65.7 Å². The van der Waals surface area contributed by atoms with Crippen LogP contribution in [0.5, 0.6) is 5.75 Å². The van der Waals surface area contributed by atoms with Gasteiger partial charge in [-0.25, -0.2) is 14.4 Å². The lowest BCUT2D eigenvalue weighted by Gasteiger charge is -2.34. The van der Waals surface area contributed by atoms with Crippen molar-refractivity contribution in [3.05, 3.63) is 89.5 Å². The Balaban J connectivity index is 0.805. The first kappa shape index (κ1) is 42.2. The highest BCUT2D eigenvalue weighted by Gasteiger charge is 2.45. The number of ether oxygens (including phenoxy) is 1. The SMILES string of the molecule is C=CC(=O)Nc1cc2c(Nc3ccc(F)c(Cl)c3)ncnc2cc1OCCCN1CCN(CCCCCCNc2cccc3c2C(=O)N(C2CCC(=O)NC2=O)C3=O)CC1. The zero-order valence-electron chi connectivity index (χ0n) is 33.1. The van der Waals surface area contributed by atoms with Crippen molar-refractivity contribution in [2.45, 2.75) is 51.0 Å². The summed E-state index contributed by atoms with van der Waals surface area (Å²) in [6, 6.07) is 11.9. The molecular weight excluding hydrogens is 793 g/mol. The summed E-state index contributed by atoms with van der Waals surface area (Å²) in [6.45, 7) is 10.5. The van der Waals surface area contributed by atoms with Crippen molar-refractivity contribution < 1.29 is 33.1 Å². The molecule has 0 bridgehead atoms. The third-order valence-electron chi connectivity index (χ3n) is 10.9. The number of piperazine rings is 1. The fourth-order valence-electron chi connectivity index (χ4n) is 7.70. The maximum atomic E-state index is 13.7. The van der Waals surface area contributed by atoms with Crippen molar-refractivity contribution in [2.75, 3.05) is 68.4 Å². The van der Waals surface area contributed by atoms with Gasteiger partial charge in [0.2, 0.25) is 17.7 Å². The van der Waals surface area contributed by atoms with Crippen LogP contribution in [0.2, 0.25) is 5.02 Å². The van der Waals surface area contributed by atoms with Gasteiger partial charge in [0.15, 0.2) is 0 Å². The van der Waals surface area contributed by atoms with Gasteiger partial charge in [-0.15, -0.1) is 0 Å². The number of anilines is 4. The second kappa shape index (κ2) is 19.4. The Bertz CT molecular complexity index is 2300. The standard InChI is InChI=1S/C43H47ClFN9O6/c1-2-37(55)50-34-24-29-33(47-26-48-40(29)49-27-11-12-31(45)30(44)23-27)25-36(34)60-22-8-17-53-20-18-52(19-21-53)16-6-4-3-5-15-46-32-10-7-9-28-39(32)43(59)54(42(28)58)35-13-14-38(56)51-41(35)57/h2,7,9-12,23-26,35,46H,1,3-6,8,13-22H2,(H,50,55)(H,47,48,49)(H,51,56,57). The quantitative estimate of drug-likeness (QED) is 0.0543. The second-order valence-corrected chi connectivity index (χ2v) is 15.3. The van der Waals surface area contributed by atoms with Gasteiger partial charge < -0.3 is 30.5 Å². The number of piperidine rings is 1.